The van der Waals surface area contributed by atoms with Gasteiger partial charge in [0.05, 0.1) is 11.2 Å². The molecule has 0 aliphatic heterocycles. The highest BCUT2D eigenvalue weighted by Crippen LogP contribution is 2.45. The van der Waals surface area contributed by atoms with Crippen LogP contribution >= 0.6 is 0 Å². The van der Waals surface area contributed by atoms with Crippen molar-refractivity contribution in [3.63, 3.8) is 0 Å². The third-order valence-corrected chi connectivity index (χ3v) is 11.0. The van der Waals surface area contributed by atoms with E-state index in [2.05, 4.69) is 241 Å². The van der Waals surface area contributed by atoms with Crippen molar-refractivity contribution >= 4 is 39.1 Å². The van der Waals surface area contributed by atoms with Gasteiger partial charge in [-0.25, -0.2) is 0 Å². The molecule has 0 unspecified atom stereocenters. The summed E-state index contributed by atoms with van der Waals surface area (Å²) in [6.07, 6.45) is 16.0. The van der Waals surface area contributed by atoms with E-state index in [9.17, 15) is 0 Å². The molecule has 0 spiro atoms. The fraction of sp³-hybridized carbons (Fsp3) is 0.0357. The molecule has 1 aliphatic rings. The number of para-hydroxylation sites is 2. The first kappa shape index (κ1) is 36.2. The van der Waals surface area contributed by atoms with Crippen LogP contribution in [0.5, 0.6) is 0 Å². The molecule has 1 aromatic heterocycles. The average molecular weight is 745 g/mol. The van der Waals surface area contributed by atoms with Crippen LogP contribution in [0.1, 0.15) is 28.8 Å². The van der Waals surface area contributed by atoms with Gasteiger partial charge in [-0.1, -0.05) is 183 Å². The third kappa shape index (κ3) is 6.97. The van der Waals surface area contributed by atoms with E-state index in [1.165, 1.54) is 50.0 Å². The Labute approximate surface area is 342 Å². The lowest BCUT2D eigenvalue weighted by Crippen LogP contribution is -2.11. The molecule has 278 valence electrons. The number of hydrogen-bond donors (Lipinski definition) is 0. The molecule has 0 saturated carbocycles. The minimum Gasteiger partial charge on any atom is -0.313 e. The Morgan fingerprint density at radius 2 is 1.26 bits per heavy atom. The van der Waals surface area contributed by atoms with Crippen molar-refractivity contribution in [2.45, 2.75) is 13.3 Å². The fourth-order valence-electron chi connectivity index (χ4n) is 8.37. The van der Waals surface area contributed by atoms with Crippen molar-refractivity contribution in [1.29, 1.82) is 0 Å². The molecule has 0 bridgehead atoms. The summed E-state index contributed by atoms with van der Waals surface area (Å²) in [7, 11) is 0. The maximum Gasteiger partial charge on any atom is 0.0544 e. The third-order valence-electron chi connectivity index (χ3n) is 11.0. The monoisotopic (exact) mass is 744 g/mol. The molecular formula is C56H44N2. The quantitative estimate of drug-likeness (QED) is 0.127. The van der Waals surface area contributed by atoms with Crippen LogP contribution in [-0.2, 0) is 0 Å². The van der Waals surface area contributed by atoms with Crippen molar-refractivity contribution in [3.8, 4) is 27.9 Å². The molecule has 1 aliphatic carbocycles. The van der Waals surface area contributed by atoms with Crippen LogP contribution in [0.2, 0.25) is 0 Å². The van der Waals surface area contributed by atoms with Crippen molar-refractivity contribution in [2.75, 3.05) is 4.90 Å². The van der Waals surface area contributed by atoms with Crippen LogP contribution in [0.15, 0.2) is 231 Å². The molecule has 9 rings (SSSR count). The van der Waals surface area contributed by atoms with Gasteiger partial charge in [0.1, 0.15) is 0 Å². The predicted molar refractivity (Wildman–Crippen MR) is 248 cm³/mol. The highest BCUT2D eigenvalue weighted by molar-refractivity contribution is 6.07. The van der Waals surface area contributed by atoms with Gasteiger partial charge in [0, 0.05) is 39.3 Å². The zero-order chi connectivity index (χ0) is 39.3. The van der Waals surface area contributed by atoms with Crippen molar-refractivity contribution in [2.24, 2.45) is 0 Å². The highest BCUT2D eigenvalue weighted by atomic mass is 15.1. The molecular weight excluding hydrogens is 701 g/mol. The van der Waals surface area contributed by atoms with Crippen molar-refractivity contribution < 1.29 is 0 Å². The second-order valence-corrected chi connectivity index (χ2v) is 14.5. The number of benzene rings is 7. The van der Waals surface area contributed by atoms with Crippen LogP contribution in [0.4, 0.5) is 17.1 Å². The highest BCUT2D eigenvalue weighted by Gasteiger charge is 2.24. The largest absolute Gasteiger partial charge is 0.313 e. The van der Waals surface area contributed by atoms with Crippen molar-refractivity contribution in [3.05, 3.63) is 253 Å². The van der Waals surface area contributed by atoms with Gasteiger partial charge >= 0.3 is 0 Å². The van der Waals surface area contributed by atoms with Crippen LogP contribution in [0.25, 0.3) is 50.0 Å². The molecule has 0 N–H and O–H groups in total. The number of fused-ring (bicyclic) bond motifs is 1. The lowest BCUT2D eigenvalue weighted by Gasteiger charge is -2.28. The summed E-state index contributed by atoms with van der Waals surface area (Å²) >= 11 is 0. The Balaban J connectivity index is 1.26. The van der Waals surface area contributed by atoms with Gasteiger partial charge in [-0.15, -0.1) is 0 Å². The Hall–Kier alpha value is -7.42. The first-order valence-corrected chi connectivity index (χ1v) is 20.0. The maximum atomic E-state index is 4.26. The lowest BCUT2D eigenvalue weighted by atomic mass is 9.90. The lowest BCUT2D eigenvalue weighted by molar-refractivity contribution is 1.05. The smallest absolute Gasteiger partial charge is 0.0544 e. The van der Waals surface area contributed by atoms with E-state index in [0.717, 1.165) is 45.9 Å². The average Bonchev–Trinajstić information content (AvgIpc) is 3.40. The number of hydrogen-bond acceptors (Lipinski definition) is 1. The molecule has 0 saturated heterocycles. The topological polar surface area (TPSA) is 8.17 Å². The summed E-state index contributed by atoms with van der Waals surface area (Å²) in [5.74, 6) is 0. The Morgan fingerprint density at radius 1 is 0.603 bits per heavy atom. The molecule has 1 heterocycles. The Morgan fingerprint density at radius 3 is 2.02 bits per heavy atom. The first-order valence-electron chi connectivity index (χ1n) is 20.0. The summed E-state index contributed by atoms with van der Waals surface area (Å²) in [5.41, 5.74) is 17.3. The van der Waals surface area contributed by atoms with Gasteiger partial charge in [-0.3, -0.25) is 0 Å². The molecule has 7 aromatic carbocycles. The first-order chi connectivity index (χ1) is 28.7. The van der Waals surface area contributed by atoms with Crippen molar-refractivity contribution in [1.82, 2.24) is 4.57 Å². The molecule has 0 fully saturated rings. The van der Waals surface area contributed by atoms with E-state index >= 15 is 0 Å². The summed E-state index contributed by atoms with van der Waals surface area (Å²) in [6.45, 7) is 6.51. The van der Waals surface area contributed by atoms with E-state index in [4.69, 9.17) is 0 Å². The van der Waals surface area contributed by atoms with E-state index < -0.39 is 0 Å². The maximum absolute atomic E-state index is 4.26. The minimum absolute atomic E-state index is 0.885. The zero-order valence-corrected chi connectivity index (χ0v) is 32.7. The van der Waals surface area contributed by atoms with Crippen LogP contribution in [0.3, 0.4) is 0 Å². The second-order valence-electron chi connectivity index (χ2n) is 14.5. The van der Waals surface area contributed by atoms with Crippen LogP contribution < -0.4 is 4.90 Å². The van der Waals surface area contributed by atoms with E-state index in [-0.39, 0.29) is 0 Å². The van der Waals surface area contributed by atoms with Crippen LogP contribution in [-0.4, -0.2) is 4.57 Å². The zero-order valence-electron chi connectivity index (χ0n) is 32.7. The second kappa shape index (κ2) is 16.4. The number of aromatic nitrogens is 1. The number of anilines is 3. The molecule has 0 amide bonds. The van der Waals surface area contributed by atoms with Gasteiger partial charge < -0.3 is 9.47 Å². The molecule has 58 heavy (non-hydrogen) atoms. The molecule has 0 atom stereocenters. The Bertz CT molecular complexity index is 2850. The molecule has 2 heteroatoms. The summed E-state index contributed by atoms with van der Waals surface area (Å²) < 4.78 is 2.41. The van der Waals surface area contributed by atoms with E-state index in [1.54, 1.807) is 0 Å². The molecule has 8 aromatic rings. The summed E-state index contributed by atoms with van der Waals surface area (Å²) in [4.78, 5) is 2.39. The summed E-state index contributed by atoms with van der Waals surface area (Å²) in [6, 6.07) is 65.3. The van der Waals surface area contributed by atoms with Crippen LogP contribution in [0, 0.1) is 6.92 Å². The summed E-state index contributed by atoms with van der Waals surface area (Å²) in [5, 5.41) is 1.22. The van der Waals surface area contributed by atoms with Gasteiger partial charge in [-0.05, 0) is 101 Å². The molecule has 0 radical (unpaired) electrons. The van der Waals surface area contributed by atoms with E-state index in [0.29, 0.717) is 0 Å². The number of nitrogens with zero attached hydrogens (tertiary/aromatic N) is 2. The predicted octanol–water partition coefficient (Wildman–Crippen LogP) is 15.3. The van der Waals surface area contributed by atoms with Gasteiger partial charge in [-0.2, -0.15) is 0 Å². The standard InChI is InChI=1S/C56H44N2/c1-3-21-51(55-41(2)57(47-29-15-8-16-30-47)54-35-20-33-52(56(54)55)45-26-9-4-5-10-27-45)46-28-19-31-49(40-46)58(48-38-36-43(37-39-48)42-22-11-6-12-23-42)53-34-18-17-32-50(53)44-24-13-7-14-25-44/h3-9,11-40H,1,10H2,2H3/b51-21-. The SMILES string of the molecule is C=C/C=C(/c1cccc(N(c2ccc(-c3ccccc3)cc2)c2ccccc2-c2ccccc2)c1)c1c(C)n(-c2ccccc2)c2cccc(C3=CCC=CC=C3)c12. The van der Waals surface area contributed by atoms with E-state index in [1.807, 2.05) is 6.08 Å². The normalized spacial score (nSPS) is 12.6. The van der Waals surface area contributed by atoms with Gasteiger partial charge in [0.15, 0.2) is 0 Å². The van der Waals surface area contributed by atoms with Gasteiger partial charge in [0.25, 0.3) is 0 Å². The number of allylic oxidation sites excluding steroid dienone is 8. The van der Waals surface area contributed by atoms with Gasteiger partial charge in [0.2, 0.25) is 0 Å². The Kier molecular flexibility index (Phi) is 10.2. The molecule has 2 nitrogen and oxygen atoms in total. The fourth-order valence-corrected chi connectivity index (χ4v) is 8.37. The minimum atomic E-state index is 0.885. The number of rotatable bonds is 10.